The Balaban J connectivity index is -0.000000143. The minimum atomic E-state index is -4.58. The van der Waals surface area contributed by atoms with Gasteiger partial charge in [0.15, 0.2) is 12.0 Å². The molecule has 0 N–H and O–H groups in total. The molecule has 0 rings (SSSR count). The van der Waals surface area contributed by atoms with Crippen molar-refractivity contribution in [2.75, 3.05) is 12.0 Å². The van der Waals surface area contributed by atoms with E-state index < -0.39 is 32.2 Å². The minimum Gasteiger partial charge on any atom is -0.746 e. The van der Waals surface area contributed by atoms with E-state index in [0.717, 1.165) is 0 Å². The molecule has 6 nitrogen and oxygen atoms in total. The molecule has 0 aromatic rings. The van der Waals surface area contributed by atoms with Crippen molar-refractivity contribution in [1.82, 2.24) is 0 Å². The van der Waals surface area contributed by atoms with Gasteiger partial charge in [-0.15, -0.1) is 0 Å². The van der Waals surface area contributed by atoms with Crippen LogP contribution < -0.4 is 0 Å². The molecule has 0 aromatic heterocycles. The predicted molar refractivity (Wildman–Crippen MR) is 31.3 cm³/mol. The third kappa shape index (κ3) is 33.0. The maximum absolute atomic E-state index is 10.6. The molecule has 0 aliphatic rings. The first-order valence-corrected chi connectivity index (χ1v) is 5.27. The molecule has 0 aromatic carbocycles. The average Bonchev–Trinajstić information content (AvgIpc) is 1.86. The summed E-state index contributed by atoms with van der Waals surface area (Å²) in [6, 6.07) is -3.62. The zero-order valence-corrected chi connectivity index (χ0v) is 8.44. The molecule has 13 heavy (non-hydrogen) atoms. The van der Waals surface area contributed by atoms with E-state index in [1.54, 1.807) is 0 Å². The molecule has 11 heteroatoms. The van der Waals surface area contributed by atoms with Crippen LogP contribution in [0.3, 0.4) is 0 Å². The fourth-order valence-corrected chi connectivity index (χ4v) is 0. The van der Waals surface area contributed by atoms with Crippen molar-refractivity contribution in [2.24, 2.45) is 0 Å². The number of hydrogen-bond donors (Lipinski definition) is 0. The topological polar surface area (TPSA) is 114 Å². The molecule has 83 valence electrons. The van der Waals surface area contributed by atoms with Gasteiger partial charge >= 0.3 is 16.8 Å². The van der Waals surface area contributed by atoms with E-state index in [1.165, 1.54) is 0 Å². The van der Waals surface area contributed by atoms with Gasteiger partial charge in [0, 0.05) is 0 Å². The van der Waals surface area contributed by atoms with Gasteiger partial charge in [0.05, 0.1) is 0 Å². The number of rotatable bonds is 2. The molecule has 0 bridgehead atoms. The van der Waals surface area contributed by atoms with E-state index in [1.807, 2.05) is 0 Å². The fourth-order valence-electron chi connectivity index (χ4n) is 0. The zero-order valence-electron chi connectivity index (χ0n) is 5.77. The second-order valence-corrected chi connectivity index (χ2v) is 4.00. The Hall–Kier alpha value is 0.186. The molecule has 0 unspecified atom stereocenters. The summed E-state index contributed by atoms with van der Waals surface area (Å²) >= 11 is 0. The van der Waals surface area contributed by atoms with Gasteiger partial charge in [0.25, 0.3) is 0 Å². The average molecular weight is 285 g/mol. The second kappa shape index (κ2) is 7.58. The third-order valence-corrected chi connectivity index (χ3v) is 0.802. The Labute approximate surface area is 84.0 Å². The summed E-state index contributed by atoms with van der Waals surface area (Å²) in [4.78, 5) is 0. The zero-order chi connectivity index (χ0) is 10.4. The summed E-state index contributed by atoms with van der Waals surface area (Å²) in [7, 11) is -9.16. The van der Waals surface area contributed by atoms with Crippen molar-refractivity contribution in [3.63, 3.8) is 0 Å². The van der Waals surface area contributed by atoms with E-state index in [2.05, 4.69) is 0 Å². The van der Waals surface area contributed by atoms with Gasteiger partial charge in [0.1, 0.15) is 20.2 Å². The molecule has 0 fully saturated rings. The number of alkyl halides is 2. The Morgan fingerprint density at radius 3 is 0.923 bits per heavy atom. The summed E-state index contributed by atoms with van der Waals surface area (Å²) in [6.07, 6.45) is 0. The van der Waals surface area contributed by atoms with Crippen molar-refractivity contribution in [3.05, 3.63) is 0 Å². The molecular weight excluding hydrogens is 281 g/mol. The van der Waals surface area contributed by atoms with Crippen LogP contribution in [0.2, 0.25) is 0 Å². The van der Waals surface area contributed by atoms with Crippen molar-refractivity contribution in [1.29, 1.82) is 0 Å². The predicted octanol–water partition coefficient (Wildman–Crippen LogP) is -1.09. The van der Waals surface area contributed by atoms with Crippen molar-refractivity contribution < 1.29 is 51.5 Å². The summed E-state index contributed by atoms with van der Waals surface area (Å²) in [5, 5.41) is 0. The SMILES string of the molecule is O=S(=O)([O-])CF.O=S(=O)([O-])CF.[Co+2]. The monoisotopic (exact) mass is 285 g/mol. The van der Waals surface area contributed by atoms with Crippen LogP contribution in [-0.2, 0) is 37.0 Å². The molecule has 0 saturated heterocycles. The smallest absolute Gasteiger partial charge is 0.746 e. The van der Waals surface area contributed by atoms with Crippen LogP contribution in [0.4, 0.5) is 8.78 Å². The van der Waals surface area contributed by atoms with Crippen LogP contribution in [0.1, 0.15) is 0 Å². The van der Waals surface area contributed by atoms with Crippen LogP contribution in [-0.4, -0.2) is 38.0 Å². The normalized spacial score (nSPS) is 10.8. The largest absolute Gasteiger partial charge is 2.00 e. The molecule has 0 aliphatic heterocycles. The molecule has 0 heterocycles. The summed E-state index contributed by atoms with van der Waals surface area (Å²) in [5.41, 5.74) is 0. The van der Waals surface area contributed by atoms with E-state index >= 15 is 0 Å². The number of halogens is 2. The molecule has 0 saturated carbocycles. The summed E-state index contributed by atoms with van der Waals surface area (Å²) in [6.45, 7) is 0. The van der Waals surface area contributed by atoms with Crippen LogP contribution in [0.15, 0.2) is 0 Å². The Kier molecular flexibility index (Phi) is 11.0. The van der Waals surface area contributed by atoms with Crippen molar-refractivity contribution >= 4 is 20.2 Å². The molecule has 0 spiro atoms. The molecule has 0 amide bonds. The van der Waals surface area contributed by atoms with Crippen LogP contribution in [0.5, 0.6) is 0 Å². The van der Waals surface area contributed by atoms with Gasteiger partial charge in [0.2, 0.25) is 0 Å². The van der Waals surface area contributed by atoms with Crippen LogP contribution in [0, 0.1) is 0 Å². The summed E-state index contributed by atoms with van der Waals surface area (Å²) in [5.74, 6) is 0. The Morgan fingerprint density at radius 1 is 0.846 bits per heavy atom. The van der Waals surface area contributed by atoms with Gasteiger partial charge in [-0.2, -0.15) is 0 Å². The molecule has 0 aliphatic carbocycles. The van der Waals surface area contributed by atoms with Crippen molar-refractivity contribution in [2.45, 2.75) is 0 Å². The Bertz CT molecular complexity index is 263. The second-order valence-electron chi connectivity index (χ2n) is 1.33. The van der Waals surface area contributed by atoms with Gasteiger partial charge < -0.3 is 9.11 Å². The van der Waals surface area contributed by atoms with E-state index in [0.29, 0.717) is 0 Å². The van der Waals surface area contributed by atoms with Gasteiger partial charge in [-0.1, -0.05) is 0 Å². The van der Waals surface area contributed by atoms with Crippen molar-refractivity contribution in [3.8, 4) is 0 Å². The van der Waals surface area contributed by atoms with E-state index in [9.17, 15) is 8.78 Å². The molecule has 1 radical (unpaired) electrons. The maximum Gasteiger partial charge on any atom is 2.00 e. The number of hydrogen-bond acceptors (Lipinski definition) is 6. The third-order valence-electron chi connectivity index (χ3n) is 0.267. The maximum atomic E-state index is 10.6. The minimum absolute atomic E-state index is 0. The molecule has 0 atom stereocenters. The van der Waals surface area contributed by atoms with Crippen LogP contribution in [0.25, 0.3) is 0 Å². The van der Waals surface area contributed by atoms with Crippen LogP contribution >= 0.6 is 0 Å². The van der Waals surface area contributed by atoms with E-state index in [-0.39, 0.29) is 16.8 Å². The van der Waals surface area contributed by atoms with Gasteiger partial charge in [-0.25, -0.2) is 25.6 Å². The van der Waals surface area contributed by atoms with Gasteiger partial charge in [-0.05, 0) is 0 Å². The first-order chi connectivity index (χ1) is 5.12. The standard InChI is InChI=1S/2CH3FO3S.Co/c2*2-1-6(3,4)5;/h2*1H2,(H,3,4,5);/q;;+2/p-2. The Morgan fingerprint density at radius 2 is 0.923 bits per heavy atom. The van der Waals surface area contributed by atoms with E-state index in [4.69, 9.17) is 25.9 Å². The fraction of sp³-hybridized carbons (Fsp3) is 1.00. The summed E-state index contributed by atoms with van der Waals surface area (Å²) < 4.78 is 75.6. The first kappa shape index (κ1) is 18.9. The molecular formula is C2H4CoF2O6S2. The first-order valence-electron chi connectivity index (χ1n) is 2.11. The van der Waals surface area contributed by atoms with Gasteiger partial charge in [-0.3, -0.25) is 0 Å². The quantitative estimate of drug-likeness (QED) is 0.596.